The molecular weight excluding hydrogens is 447 g/mol. The average molecular weight is 467 g/mol. The number of anilines is 1. The van der Waals surface area contributed by atoms with Crippen molar-refractivity contribution in [2.45, 2.75) is 19.8 Å². The van der Waals surface area contributed by atoms with Gasteiger partial charge in [-0.3, -0.25) is 4.99 Å². The topological polar surface area (TPSA) is 72.5 Å². The number of aryl methyl sites for hydroxylation is 1. The minimum Gasteiger partial charge on any atom is -0.495 e. The van der Waals surface area contributed by atoms with E-state index in [9.17, 15) is 0 Å². The largest absolute Gasteiger partial charge is 0.495 e. The summed E-state index contributed by atoms with van der Waals surface area (Å²) in [6, 6.07) is 5.36. The van der Waals surface area contributed by atoms with E-state index in [2.05, 4.69) is 22.2 Å². The Kier molecular flexibility index (Phi) is 8.07. The first-order valence-corrected chi connectivity index (χ1v) is 8.02. The van der Waals surface area contributed by atoms with Gasteiger partial charge in [0.05, 0.1) is 23.7 Å². The van der Waals surface area contributed by atoms with Crippen molar-refractivity contribution in [1.29, 1.82) is 0 Å². The maximum atomic E-state index is 6.07. The zero-order valence-corrected chi connectivity index (χ0v) is 17.1. The first-order chi connectivity index (χ1) is 10.5. The number of hydrogen-bond donors (Lipinski definition) is 2. The third kappa shape index (κ3) is 5.82. The van der Waals surface area contributed by atoms with Gasteiger partial charge in [0, 0.05) is 22.7 Å². The number of ether oxygens (including phenoxy) is 1. The van der Waals surface area contributed by atoms with Crippen molar-refractivity contribution in [3.8, 4) is 5.75 Å². The van der Waals surface area contributed by atoms with Gasteiger partial charge in [0.15, 0.2) is 5.96 Å². The Balaban J connectivity index is 0.00000264. The fraction of sp³-hybridized carbons (Fsp3) is 0.333. The minimum absolute atomic E-state index is 0. The van der Waals surface area contributed by atoms with Crippen LogP contribution in [0.4, 0.5) is 5.69 Å². The maximum Gasteiger partial charge on any atom is 0.193 e. The summed E-state index contributed by atoms with van der Waals surface area (Å²) in [4.78, 5) is 9.92. The molecule has 0 aliphatic heterocycles. The number of halogens is 2. The van der Waals surface area contributed by atoms with Crippen LogP contribution in [0.3, 0.4) is 0 Å². The number of nitrogens with zero attached hydrogens (tertiary/aromatic N) is 2. The van der Waals surface area contributed by atoms with E-state index in [1.54, 1.807) is 30.6 Å². The van der Waals surface area contributed by atoms with E-state index < -0.39 is 0 Å². The normalized spacial score (nSPS) is 12.4. The predicted molar refractivity (Wildman–Crippen MR) is 109 cm³/mol. The SMILES string of the molecule is COc1ccc(NC(N)=NCC(C)c2ncc(C)s2)cc1Cl.I. The number of aromatic nitrogens is 1. The van der Waals surface area contributed by atoms with Crippen molar-refractivity contribution in [1.82, 2.24) is 4.98 Å². The molecule has 1 heterocycles. The summed E-state index contributed by atoms with van der Waals surface area (Å²) in [6.45, 7) is 4.70. The van der Waals surface area contributed by atoms with E-state index >= 15 is 0 Å². The fourth-order valence-electron chi connectivity index (χ4n) is 1.84. The predicted octanol–water partition coefficient (Wildman–Crippen LogP) is 4.26. The molecule has 0 radical (unpaired) electrons. The molecule has 1 atom stereocenters. The van der Waals surface area contributed by atoms with Crippen LogP contribution in [0.5, 0.6) is 5.75 Å². The molecule has 5 nitrogen and oxygen atoms in total. The standard InChI is InChI=1S/C15H19ClN4OS.HI/c1-9(14-18-8-10(2)22-14)7-19-15(17)20-11-4-5-13(21-3)12(16)6-11;/h4-6,8-9H,7H2,1-3H3,(H3,17,19,20);1H. The van der Waals surface area contributed by atoms with Gasteiger partial charge in [0.25, 0.3) is 0 Å². The lowest BCUT2D eigenvalue weighted by molar-refractivity contribution is 0.415. The van der Waals surface area contributed by atoms with E-state index in [-0.39, 0.29) is 29.9 Å². The second kappa shape index (κ2) is 9.29. The van der Waals surface area contributed by atoms with Gasteiger partial charge in [0.1, 0.15) is 5.75 Å². The lowest BCUT2D eigenvalue weighted by Crippen LogP contribution is -2.23. The summed E-state index contributed by atoms with van der Waals surface area (Å²) < 4.78 is 5.11. The van der Waals surface area contributed by atoms with Gasteiger partial charge in [0.2, 0.25) is 0 Å². The van der Waals surface area contributed by atoms with Crippen LogP contribution in [-0.2, 0) is 0 Å². The van der Waals surface area contributed by atoms with E-state index in [4.69, 9.17) is 22.1 Å². The number of nitrogens with two attached hydrogens (primary N) is 1. The number of guanidine groups is 1. The van der Waals surface area contributed by atoms with Gasteiger partial charge in [-0.2, -0.15) is 0 Å². The first-order valence-electron chi connectivity index (χ1n) is 6.82. The molecule has 1 aromatic carbocycles. The van der Waals surface area contributed by atoms with Gasteiger partial charge in [-0.1, -0.05) is 18.5 Å². The molecule has 1 aromatic heterocycles. The third-order valence-electron chi connectivity index (χ3n) is 3.02. The molecule has 126 valence electrons. The van der Waals surface area contributed by atoms with Gasteiger partial charge in [-0.15, -0.1) is 35.3 Å². The van der Waals surface area contributed by atoms with Crippen molar-refractivity contribution in [2.24, 2.45) is 10.7 Å². The van der Waals surface area contributed by atoms with Crippen LogP contribution >= 0.6 is 46.9 Å². The highest BCUT2D eigenvalue weighted by atomic mass is 127. The van der Waals surface area contributed by atoms with Crippen LogP contribution in [0.2, 0.25) is 5.02 Å². The Morgan fingerprint density at radius 1 is 1.52 bits per heavy atom. The van der Waals surface area contributed by atoms with Crippen molar-refractivity contribution >= 4 is 58.6 Å². The van der Waals surface area contributed by atoms with Crippen molar-refractivity contribution in [3.05, 3.63) is 39.3 Å². The van der Waals surface area contributed by atoms with Gasteiger partial charge >= 0.3 is 0 Å². The van der Waals surface area contributed by atoms with Crippen LogP contribution < -0.4 is 15.8 Å². The lowest BCUT2D eigenvalue weighted by Gasteiger charge is -2.09. The summed E-state index contributed by atoms with van der Waals surface area (Å²) in [6.07, 6.45) is 1.88. The van der Waals surface area contributed by atoms with Crippen LogP contribution in [0, 0.1) is 6.92 Å². The monoisotopic (exact) mass is 466 g/mol. The summed E-state index contributed by atoms with van der Waals surface area (Å²) in [5, 5.41) is 4.61. The molecule has 0 bridgehead atoms. The molecule has 0 amide bonds. The Morgan fingerprint density at radius 2 is 2.26 bits per heavy atom. The number of thiazole rings is 1. The maximum absolute atomic E-state index is 6.07. The molecule has 23 heavy (non-hydrogen) atoms. The molecule has 3 N–H and O–H groups in total. The fourth-order valence-corrected chi connectivity index (χ4v) is 2.92. The summed E-state index contributed by atoms with van der Waals surface area (Å²) in [5.41, 5.74) is 6.67. The lowest BCUT2D eigenvalue weighted by atomic mass is 10.2. The van der Waals surface area contributed by atoms with Gasteiger partial charge in [-0.25, -0.2) is 4.98 Å². The number of nitrogens with one attached hydrogen (secondary N) is 1. The summed E-state index contributed by atoms with van der Waals surface area (Å²) >= 11 is 7.75. The number of aliphatic imine (C=N–C) groups is 1. The second-order valence-corrected chi connectivity index (χ2v) is 6.58. The zero-order chi connectivity index (χ0) is 16.1. The van der Waals surface area contributed by atoms with Crippen molar-refractivity contribution < 1.29 is 4.74 Å². The third-order valence-corrected chi connectivity index (χ3v) is 4.46. The van der Waals surface area contributed by atoms with Crippen LogP contribution in [0.1, 0.15) is 22.7 Å². The van der Waals surface area contributed by atoms with E-state index in [1.165, 1.54) is 4.88 Å². The highest BCUT2D eigenvalue weighted by Gasteiger charge is 2.09. The molecule has 0 saturated heterocycles. The molecule has 2 aromatic rings. The smallest absolute Gasteiger partial charge is 0.193 e. The quantitative estimate of drug-likeness (QED) is 0.392. The molecular formula is C15H20ClIN4OS. The van der Waals surface area contributed by atoms with Crippen LogP contribution in [0.15, 0.2) is 29.4 Å². The van der Waals surface area contributed by atoms with Crippen LogP contribution in [-0.4, -0.2) is 24.6 Å². The molecule has 1 unspecified atom stereocenters. The Bertz CT molecular complexity index is 677. The molecule has 8 heteroatoms. The molecule has 2 rings (SSSR count). The molecule has 0 spiro atoms. The summed E-state index contributed by atoms with van der Waals surface area (Å²) in [5.74, 6) is 1.20. The highest BCUT2D eigenvalue weighted by Crippen LogP contribution is 2.27. The number of benzene rings is 1. The van der Waals surface area contributed by atoms with E-state index in [1.807, 2.05) is 19.2 Å². The van der Waals surface area contributed by atoms with E-state index in [0.717, 1.165) is 10.7 Å². The van der Waals surface area contributed by atoms with E-state index in [0.29, 0.717) is 23.3 Å². The van der Waals surface area contributed by atoms with Crippen molar-refractivity contribution in [3.63, 3.8) is 0 Å². The average Bonchev–Trinajstić information content (AvgIpc) is 2.91. The zero-order valence-electron chi connectivity index (χ0n) is 13.2. The molecule has 0 aliphatic carbocycles. The Hall–Kier alpha value is -1.06. The Morgan fingerprint density at radius 3 is 2.83 bits per heavy atom. The molecule has 0 aliphatic rings. The molecule has 0 saturated carbocycles. The number of rotatable bonds is 5. The van der Waals surface area contributed by atoms with Crippen LogP contribution in [0.25, 0.3) is 0 Å². The Labute approximate surface area is 162 Å². The first kappa shape index (κ1) is 20.0. The number of methoxy groups -OCH3 is 1. The molecule has 0 fully saturated rings. The minimum atomic E-state index is 0. The van der Waals surface area contributed by atoms with Gasteiger partial charge in [-0.05, 0) is 25.1 Å². The van der Waals surface area contributed by atoms with Crippen molar-refractivity contribution in [2.75, 3.05) is 19.0 Å². The number of hydrogen-bond acceptors (Lipinski definition) is 4. The summed E-state index contributed by atoms with van der Waals surface area (Å²) in [7, 11) is 1.58. The second-order valence-electron chi connectivity index (χ2n) is 4.91. The van der Waals surface area contributed by atoms with Gasteiger partial charge < -0.3 is 15.8 Å². The highest BCUT2D eigenvalue weighted by molar-refractivity contribution is 14.0.